The van der Waals surface area contributed by atoms with E-state index in [-0.39, 0.29) is 6.10 Å². The number of hydrogen-bond acceptors (Lipinski definition) is 2. The molecule has 0 aromatic carbocycles. The molecule has 0 aliphatic heterocycles. The van der Waals surface area contributed by atoms with Crippen molar-refractivity contribution in [2.24, 2.45) is 5.92 Å². The maximum absolute atomic E-state index is 8.75. The van der Waals surface area contributed by atoms with Crippen molar-refractivity contribution >= 4 is 0 Å². The summed E-state index contributed by atoms with van der Waals surface area (Å²) < 4.78 is 0. The molecule has 0 aromatic rings. The van der Waals surface area contributed by atoms with Gasteiger partial charge in [0.05, 0.1) is 0 Å². The minimum absolute atomic E-state index is 0.257. The molecule has 17 heavy (non-hydrogen) atoms. The van der Waals surface area contributed by atoms with E-state index in [1.54, 1.807) is 0 Å². The van der Waals surface area contributed by atoms with Crippen LogP contribution in [-0.4, -0.2) is 11.4 Å². The van der Waals surface area contributed by atoms with Crippen molar-refractivity contribution in [2.45, 2.75) is 52.1 Å². The average Bonchev–Trinajstić information content (AvgIpc) is 2.30. The zero-order valence-electron chi connectivity index (χ0n) is 11.0. The SMILES string of the molecule is C=C(CCC(OO)C(=C)C)C1CC=C(C)CC1. The molecule has 1 aliphatic rings. The Balaban J connectivity index is 2.37. The zero-order chi connectivity index (χ0) is 12.8. The summed E-state index contributed by atoms with van der Waals surface area (Å²) in [5, 5.41) is 8.75. The first-order valence-corrected chi connectivity index (χ1v) is 6.33. The van der Waals surface area contributed by atoms with Crippen molar-refractivity contribution in [1.29, 1.82) is 0 Å². The van der Waals surface area contributed by atoms with Gasteiger partial charge in [0.25, 0.3) is 0 Å². The molecule has 2 nitrogen and oxygen atoms in total. The van der Waals surface area contributed by atoms with E-state index in [0.717, 1.165) is 24.8 Å². The van der Waals surface area contributed by atoms with Crippen LogP contribution in [0.5, 0.6) is 0 Å². The fourth-order valence-electron chi connectivity index (χ4n) is 2.25. The largest absolute Gasteiger partial charge is 0.251 e. The molecule has 0 bridgehead atoms. The van der Waals surface area contributed by atoms with Gasteiger partial charge in [0.1, 0.15) is 6.10 Å². The first-order chi connectivity index (χ1) is 8.04. The number of rotatable bonds is 6. The van der Waals surface area contributed by atoms with Crippen molar-refractivity contribution in [1.82, 2.24) is 0 Å². The van der Waals surface area contributed by atoms with Gasteiger partial charge in [-0.1, -0.05) is 30.4 Å². The molecule has 96 valence electrons. The van der Waals surface area contributed by atoms with Gasteiger partial charge in [0, 0.05) is 0 Å². The van der Waals surface area contributed by atoms with Gasteiger partial charge < -0.3 is 0 Å². The molecule has 0 radical (unpaired) electrons. The Kier molecular flexibility index (Phi) is 5.66. The second kappa shape index (κ2) is 6.77. The fraction of sp³-hybridized carbons (Fsp3) is 0.600. The van der Waals surface area contributed by atoms with Crippen LogP contribution in [0.4, 0.5) is 0 Å². The third-order valence-electron chi connectivity index (χ3n) is 3.62. The van der Waals surface area contributed by atoms with Crippen LogP contribution in [0.25, 0.3) is 0 Å². The minimum Gasteiger partial charge on any atom is -0.251 e. The lowest BCUT2D eigenvalue weighted by atomic mass is 9.83. The summed E-state index contributed by atoms with van der Waals surface area (Å²) >= 11 is 0. The highest BCUT2D eigenvalue weighted by atomic mass is 17.1. The van der Waals surface area contributed by atoms with E-state index >= 15 is 0 Å². The van der Waals surface area contributed by atoms with Crippen LogP contribution >= 0.6 is 0 Å². The Hall–Kier alpha value is -0.860. The fourth-order valence-corrected chi connectivity index (χ4v) is 2.25. The smallest absolute Gasteiger partial charge is 0.113 e. The van der Waals surface area contributed by atoms with E-state index in [1.807, 2.05) is 6.92 Å². The Bertz CT molecular complexity index is 315. The van der Waals surface area contributed by atoms with Crippen LogP contribution < -0.4 is 0 Å². The van der Waals surface area contributed by atoms with Crippen LogP contribution in [0.3, 0.4) is 0 Å². The van der Waals surface area contributed by atoms with Gasteiger partial charge in [0.15, 0.2) is 0 Å². The monoisotopic (exact) mass is 236 g/mol. The van der Waals surface area contributed by atoms with E-state index in [0.29, 0.717) is 5.92 Å². The molecule has 0 saturated heterocycles. The van der Waals surface area contributed by atoms with Crippen molar-refractivity contribution in [3.05, 3.63) is 36.0 Å². The van der Waals surface area contributed by atoms with Gasteiger partial charge in [-0.25, -0.2) is 4.89 Å². The second-order valence-corrected chi connectivity index (χ2v) is 5.16. The van der Waals surface area contributed by atoms with Crippen LogP contribution in [0.15, 0.2) is 36.0 Å². The normalized spacial score (nSPS) is 21.8. The summed E-state index contributed by atoms with van der Waals surface area (Å²) in [7, 11) is 0. The minimum atomic E-state index is -0.257. The van der Waals surface area contributed by atoms with Gasteiger partial charge in [0.2, 0.25) is 0 Å². The van der Waals surface area contributed by atoms with Crippen LogP contribution in [0.2, 0.25) is 0 Å². The first kappa shape index (κ1) is 14.2. The molecule has 1 aliphatic carbocycles. The van der Waals surface area contributed by atoms with Gasteiger partial charge in [-0.3, -0.25) is 5.26 Å². The summed E-state index contributed by atoms with van der Waals surface area (Å²) in [5.41, 5.74) is 3.63. The number of allylic oxidation sites excluding steroid dienone is 3. The van der Waals surface area contributed by atoms with E-state index < -0.39 is 0 Å². The lowest BCUT2D eigenvalue weighted by molar-refractivity contribution is -0.269. The van der Waals surface area contributed by atoms with Crippen LogP contribution in [0, 0.1) is 5.92 Å². The van der Waals surface area contributed by atoms with E-state index in [4.69, 9.17) is 5.26 Å². The molecule has 0 heterocycles. The summed E-state index contributed by atoms with van der Waals surface area (Å²) in [4.78, 5) is 4.41. The Labute approximate surface area is 105 Å². The second-order valence-electron chi connectivity index (χ2n) is 5.16. The topological polar surface area (TPSA) is 29.5 Å². The molecule has 0 amide bonds. The molecule has 0 spiro atoms. The molecular formula is C15H24O2. The quantitative estimate of drug-likeness (QED) is 0.418. The number of hydrogen-bond donors (Lipinski definition) is 1. The third-order valence-corrected chi connectivity index (χ3v) is 3.62. The molecule has 0 saturated carbocycles. The standard InChI is InChI=1S/C15H24O2/c1-11(2)15(17-16)10-7-13(4)14-8-5-12(3)6-9-14/h5,14-16H,1,4,6-10H2,2-3H3. The van der Waals surface area contributed by atoms with Crippen molar-refractivity contribution < 1.29 is 10.1 Å². The Morgan fingerprint density at radius 2 is 2.29 bits per heavy atom. The highest BCUT2D eigenvalue weighted by Crippen LogP contribution is 2.31. The van der Waals surface area contributed by atoms with Crippen molar-refractivity contribution in [3.63, 3.8) is 0 Å². The van der Waals surface area contributed by atoms with Crippen LogP contribution in [-0.2, 0) is 4.89 Å². The molecule has 2 heteroatoms. The van der Waals surface area contributed by atoms with Gasteiger partial charge in [-0.15, -0.1) is 0 Å². The lowest BCUT2D eigenvalue weighted by Crippen LogP contribution is -2.14. The summed E-state index contributed by atoms with van der Waals surface area (Å²) in [6.45, 7) is 12.0. The molecule has 0 aromatic heterocycles. The molecule has 2 atom stereocenters. The van der Waals surface area contributed by atoms with Crippen LogP contribution in [0.1, 0.15) is 46.0 Å². The highest BCUT2D eigenvalue weighted by Gasteiger charge is 2.17. The van der Waals surface area contributed by atoms with E-state index in [2.05, 4.69) is 31.0 Å². The average molecular weight is 236 g/mol. The maximum atomic E-state index is 8.75. The summed E-state index contributed by atoms with van der Waals surface area (Å²) in [6, 6.07) is 0. The van der Waals surface area contributed by atoms with Crippen molar-refractivity contribution in [2.75, 3.05) is 0 Å². The van der Waals surface area contributed by atoms with E-state index in [1.165, 1.54) is 24.0 Å². The molecule has 1 rings (SSSR count). The molecular weight excluding hydrogens is 212 g/mol. The first-order valence-electron chi connectivity index (χ1n) is 6.33. The Morgan fingerprint density at radius 3 is 2.76 bits per heavy atom. The molecule has 2 unspecified atom stereocenters. The summed E-state index contributed by atoms with van der Waals surface area (Å²) in [5.74, 6) is 0.600. The predicted octanol–water partition coefficient (Wildman–Crippen LogP) is 4.50. The van der Waals surface area contributed by atoms with Gasteiger partial charge >= 0.3 is 0 Å². The zero-order valence-corrected chi connectivity index (χ0v) is 11.0. The molecule has 1 N–H and O–H groups in total. The third kappa shape index (κ3) is 4.49. The highest BCUT2D eigenvalue weighted by molar-refractivity contribution is 5.12. The van der Waals surface area contributed by atoms with Crippen molar-refractivity contribution in [3.8, 4) is 0 Å². The summed E-state index contributed by atoms with van der Waals surface area (Å²) in [6.07, 6.45) is 7.23. The van der Waals surface area contributed by atoms with Gasteiger partial charge in [-0.05, 0) is 57.4 Å². The van der Waals surface area contributed by atoms with Gasteiger partial charge in [-0.2, -0.15) is 0 Å². The predicted molar refractivity (Wildman–Crippen MR) is 71.8 cm³/mol. The maximum Gasteiger partial charge on any atom is 0.113 e. The Morgan fingerprint density at radius 1 is 1.59 bits per heavy atom. The molecule has 0 fully saturated rings. The van der Waals surface area contributed by atoms with E-state index in [9.17, 15) is 0 Å². The lowest BCUT2D eigenvalue weighted by Gasteiger charge is -2.23.